The fourth-order valence-corrected chi connectivity index (χ4v) is 5.46. The van der Waals surface area contributed by atoms with E-state index in [-0.39, 0.29) is 0 Å². The monoisotopic (exact) mass is 450 g/mol. The Kier molecular flexibility index (Phi) is 6.13. The van der Waals surface area contributed by atoms with E-state index in [1.165, 1.54) is 15.3 Å². The predicted molar refractivity (Wildman–Crippen MR) is 129 cm³/mol. The molecule has 1 aliphatic carbocycles. The normalized spacial score (nSPS) is 22.8. The first-order valence-electron chi connectivity index (χ1n) is 11.4. The summed E-state index contributed by atoms with van der Waals surface area (Å²) < 4.78 is 10.9. The second-order valence-corrected chi connectivity index (χ2v) is 9.80. The van der Waals surface area contributed by atoms with Crippen molar-refractivity contribution in [3.05, 3.63) is 52.0 Å². The summed E-state index contributed by atoms with van der Waals surface area (Å²) in [6, 6.07) is 8.51. The van der Waals surface area contributed by atoms with Crippen molar-refractivity contribution in [1.29, 1.82) is 0 Å². The molecule has 1 fully saturated rings. The average molecular weight is 451 g/mol. The number of ether oxygens (including phenoxy) is 1. The molecular formula is C25H30N4O2S. The van der Waals surface area contributed by atoms with Crippen LogP contribution in [0.4, 0.5) is 0 Å². The minimum absolute atomic E-state index is 0.455. The van der Waals surface area contributed by atoms with E-state index in [0.717, 1.165) is 68.4 Å². The largest absolute Gasteiger partial charge is 0.497 e. The summed E-state index contributed by atoms with van der Waals surface area (Å²) in [5, 5.41) is 17.2. The van der Waals surface area contributed by atoms with Crippen LogP contribution in [0.15, 0.2) is 36.7 Å². The lowest BCUT2D eigenvalue weighted by Crippen LogP contribution is -2.45. The Hall–Kier alpha value is -2.48. The highest BCUT2D eigenvalue weighted by molar-refractivity contribution is 7.03. The summed E-state index contributed by atoms with van der Waals surface area (Å²) in [5.41, 5.74) is 1.61. The minimum atomic E-state index is -0.588. The molecule has 168 valence electrons. The van der Waals surface area contributed by atoms with Crippen molar-refractivity contribution < 1.29 is 9.84 Å². The van der Waals surface area contributed by atoms with Crippen LogP contribution in [-0.4, -0.2) is 51.3 Å². The molecule has 2 N–H and O–H groups in total. The van der Waals surface area contributed by atoms with Gasteiger partial charge < -0.3 is 14.7 Å². The zero-order valence-electron chi connectivity index (χ0n) is 18.5. The van der Waals surface area contributed by atoms with Crippen LogP contribution in [0.25, 0.3) is 23.2 Å². The van der Waals surface area contributed by atoms with Crippen molar-refractivity contribution in [2.24, 2.45) is 0 Å². The lowest BCUT2D eigenvalue weighted by molar-refractivity contribution is -0.0113. The van der Waals surface area contributed by atoms with Crippen LogP contribution in [0.5, 0.6) is 5.75 Å². The van der Waals surface area contributed by atoms with Gasteiger partial charge in [0, 0.05) is 41.8 Å². The summed E-state index contributed by atoms with van der Waals surface area (Å²) in [6.07, 6.45) is 13.5. The number of aryl methyl sites for hydroxylation is 1. The first-order valence-corrected chi connectivity index (χ1v) is 12.1. The van der Waals surface area contributed by atoms with Crippen molar-refractivity contribution >= 4 is 34.7 Å². The van der Waals surface area contributed by atoms with E-state index in [1.807, 2.05) is 30.6 Å². The van der Waals surface area contributed by atoms with Gasteiger partial charge in [-0.3, -0.25) is 10.3 Å². The Labute approximate surface area is 192 Å². The number of pyridine rings is 1. The molecular weight excluding hydrogens is 420 g/mol. The van der Waals surface area contributed by atoms with Gasteiger partial charge in [0.25, 0.3) is 0 Å². The lowest BCUT2D eigenvalue weighted by atomic mass is 9.78. The number of benzene rings is 1. The van der Waals surface area contributed by atoms with Gasteiger partial charge in [0.2, 0.25) is 0 Å². The molecule has 7 heteroatoms. The van der Waals surface area contributed by atoms with Crippen LogP contribution in [0.1, 0.15) is 37.7 Å². The molecule has 0 atom stereocenters. The lowest BCUT2D eigenvalue weighted by Gasteiger charge is -2.37. The predicted octanol–water partition coefficient (Wildman–Crippen LogP) is 2.39. The molecule has 0 radical (unpaired) electrons. The first kappa shape index (κ1) is 21.4. The fraction of sp³-hybridized carbons (Fsp3) is 0.440. The van der Waals surface area contributed by atoms with Crippen LogP contribution in [0, 0.1) is 0 Å². The number of nitrogens with zero attached hydrogens (tertiary/aromatic N) is 3. The molecule has 0 bridgehead atoms. The molecule has 6 nitrogen and oxygen atoms in total. The van der Waals surface area contributed by atoms with Gasteiger partial charge in [-0.2, -0.15) is 4.37 Å². The van der Waals surface area contributed by atoms with Crippen molar-refractivity contribution in [3.63, 3.8) is 0 Å². The zero-order valence-corrected chi connectivity index (χ0v) is 19.3. The number of hydrogen-bond donors (Lipinski definition) is 2. The van der Waals surface area contributed by atoms with E-state index < -0.39 is 5.60 Å². The number of rotatable bonds is 7. The maximum Gasteiger partial charge on any atom is 0.119 e. The maximum atomic E-state index is 11.2. The van der Waals surface area contributed by atoms with Crippen LogP contribution in [0.2, 0.25) is 0 Å². The van der Waals surface area contributed by atoms with Gasteiger partial charge in [0.05, 0.1) is 29.4 Å². The smallest absolute Gasteiger partial charge is 0.119 e. The third-order valence-electron chi connectivity index (χ3n) is 6.86. The summed E-state index contributed by atoms with van der Waals surface area (Å²) in [5.74, 6) is 0.840. The molecule has 0 saturated heterocycles. The molecule has 2 aromatic heterocycles. The Morgan fingerprint density at radius 3 is 3.00 bits per heavy atom. The molecule has 0 unspecified atom stereocenters. The van der Waals surface area contributed by atoms with Crippen LogP contribution in [-0.2, 0) is 6.42 Å². The Balaban J connectivity index is 1.14. The summed E-state index contributed by atoms with van der Waals surface area (Å²) in [4.78, 5) is 6.76. The van der Waals surface area contributed by atoms with Crippen molar-refractivity contribution in [3.8, 4) is 5.75 Å². The molecule has 5 rings (SSSR count). The minimum Gasteiger partial charge on any atom is -0.497 e. The number of nitrogens with one attached hydrogen (secondary N) is 1. The standard InChI is InChI=1S/C25H30N4O2S/c1-31-21-2-3-23-22(14-21)18(7-12-26-23)4-9-25(30)10-5-20(6-11-25)27-17-29-13-8-24-19(16-29)15-28-32-24/h2-3,7-8,12,14-16,20,27,30H,4-6,9-11,13,17H2,1H3. The van der Waals surface area contributed by atoms with Gasteiger partial charge in [-0.1, -0.05) is 0 Å². The molecule has 1 saturated carbocycles. The molecule has 0 amide bonds. The van der Waals surface area contributed by atoms with Gasteiger partial charge in [0.15, 0.2) is 0 Å². The van der Waals surface area contributed by atoms with E-state index in [0.29, 0.717) is 6.04 Å². The third kappa shape index (κ3) is 4.65. The molecule has 32 heavy (non-hydrogen) atoms. The molecule has 1 aromatic carbocycles. The Bertz CT molecular complexity index is 1200. The highest BCUT2D eigenvalue weighted by Gasteiger charge is 2.32. The fourth-order valence-electron chi connectivity index (χ4n) is 4.82. The Morgan fingerprint density at radius 1 is 1.28 bits per heavy atom. The van der Waals surface area contributed by atoms with Crippen LogP contribution in [0.3, 0.4) is 0 Å². The van der Waals surface area contributed by atoms with Gasteiger partial charge >= 0.3 is 0 Å². The number of hydrogen-bond acceptors (Lipinski definition) is 7. The quantitative estimate of drug-likeness (QED) is 0.576. The molecule has 3 heterocycles. The van der Waals surface area contributed by atoms with E-state index >= 15 is 0 Å². The summed E-state index contributed by atoms with van der Waals surface area (Å²) in [7, 11) is 1.69. The van der Waals surface area contributed by atoms with E-state index in [2.05, 4.69) is 37.9 Å². The van der Waals surface area contributed by atoms with Gasteiger partial charge in [-0.05, 0) is 86.0 Å². The number of methoxy groups -OCH3 is 1. The topological polar surface area (TPSA) is 70.5 Å². The zero-order chi connectivity index (χ0) is 22.0. The second kappa shape index (κ2) is 9.17. The molecule has 0 spiro atoms. The first-order chi connectivity index (χ1) is 15.6. The van der Waals surface area contributed by atoms with Gasteiger partial charge in [-0.15, -0.1) is 0 Å². The number of aliphatic hydroxyl groups is 1. The van der Waals surface area contributed by atoms with Crippen molar-refractivity contribution in [2.45, 2.75) is 50.2 Å². The van der Waals surface area contributed by atoms with Crippen molar-refractivity contribution in [2.75, 3.05) is 20.3 Å². The van der Waals surface area contributed by atoms with Crippen LogP contribution >= 0.6 is 11.5 Å². The average Bonchev–Trinajstić information content (AvgIpc) is 3.30. The molecule has 1 aliphatic heterocycles. The second-order valence-electron chi connectivity index (χ2n) is 8.96. The van der Waals surface area contributed by atoms with Gasteiger partial charge in [0.1, 0.15) is 5.75 Å². The highest BCUT2D eigenvalue weighted by Crippen LogP contribution is 2.33. The SMILES string of the molecule is COc1ccc2nccc(CCC3(O)CCC(NCN4C=c5cnsc5=CC4)CC3)c2c1. The molecule has 3 aromatic rings. The van der Waals surface area contributed by atoms with Crippen LogP contribution < -0.4 is 19.8 Å². The van der Waals surface area contributed by atoms with Crippen molar-refractivity contribution in [1.82, 2.24) is 19.6 Å². The number of fused-ring (bicyclic) bond motifs is 2. The highest BCUT2D eigenvalue weighted by atomic mass is 32.1. The Morgan fingerprint density at radius 2 is 2.16 bits per heavy atom. The number of aromatic nitrogens is 2. The summed E-state index contributed by atoms with van der Waals surface area (Å²) >= 11 is 1.56. The molecule has 2 aliphatic rings. The maximum absolute atomic E-state index is 11.2. The third-order valence-corrected chi connectivity index (χ3v) is 7.67. The van der Waals surface area contributed by atoms with E-state index in [1.54, 1.807) is 18.6 Å². The summed E-state index contributed by atoms with van der Waals surface area (Å²) in [6.45, 7) is 1.75. The van der Waals surface area contributed by atoms with E-state index in [9.17, 15) is 5.11 Å². The van der Waals surface area contributed by atoms with E-state index in [4.69, 9.17) is 4.74 Å². The van der Waals surface area contributed by atoms with Gasteiger partial charge in [-0.25, -0.2) is 0 Å².